The van der Waals surface area contributed by atoms with Gasteiger partial charge in [-0.2, -0.15) is 12.7 Å². The van der Waals surface area contributed by atoms with E-state index in [2.05, 4.69) is 36.6 Å². The van der Waals surface area contributed by atoms with Crippen LogP contribution in [-0.4, -0.2) is 37.5 Å². The van der Waals surface area contributed by atoms with Crippen LogP contribution in [0.2, 0.25) is 0 Å². The third-order valence-electron chi connectivity index (χ3n) is 3.34. The van der Waals surface area contributed by atoms with Crippen molar-refractivity contribution in [3.63, 3.8) is 0 Å². The Balaban J connectivity index is 2.10. The summed E-state index contributed by atoms with van der Waals surface area (Å²) in [6.07, 6.45) is 1.38. The second-order valence-corrected chi connectivity index (χ2v) is 8.20. The Hall–Kier alpha value is -0.150. The third-order valence-corrected chi connectivity index (χ3v) is 6.05. The fraction of sp³-hybridized carbons (Fsp3) is 0.500. The minimum Gasteiger partial charge on any atom is -0.396 e. The molecule has 0 atom stereocenters. The van der Waals surface area contributed by atoms with Gasteiger partial charge in [-0.25, -0.2) is 0 Å². The van der Waals surface area contributed by atoms with Gasteiger partial charge in [0, 0.05) is 28.6 Å². The number of anilines is 1. The van der Waals surface area contributed by atoms with Gasteiger partial charge in [0.1, 0.15) is 0 Å². The standard InChI is InChI=1S/C12H16Br2N2O3S/c13-10-1-2-11(14)12(7-10)15-20(18,19)16-5-3-9(8-17)4-6-16/h1-2,7,9,15,17H,3-6,8H2. The summed E-state index contributed by atoms with van der Waals surface area (Å²) in [7, 11) is -3.56. The first-order valence-corrected chi connectivity index (χ1v) is 9.29. The molecule has 5 nitrogen and oxygen atoms in total. The molecule has 1 saturated heterocycles. The second kappa shape index (κ2) is 6.74. The Morgan fingerprint density at radius 2 is 1.95 bits per heavy atom. The van der Waals surface area contributed by atoms with Gasteiger partial charge in [0.2, 0.25) is 0 Å². The molecule has 2 N–H and O–H groups in total. The van der Waals surface area contributed by atoms with Crippen molar-refractivity contribution < 1.29 is 13.5 Å². The molecule has 112 valence electrons. The Bertz CT molecular complexity index is 572. The fourth-order valence-corrected chi connectivity index (χ4v) is 4.22. The molecule has 2 rings (SSSR count). The van der Waals surface area contributed by atoms with E-state index in [-0.39, 0.29) is 12.5 Å². The van der Waals surface area contributed by atoms with Gasteiger partial charge in [-0.1, -0.05) is 15.9 Å². The zero-order valence-electron chi connectivity index (χ0n) is 10.7. The van der Waals surface area contributed by atoms with Crippen LogP contribution in [0.1, 0.15) is 12.8 Å². The molecule has 0 radical (unpaired) electrons. The zero-order chi connectivity index (χ0) is 14.8. The summed E-state index contributed by atoms with van der Waals surface area (Å²) in [6.45, 7) is 0.997. The molecule has 0 amide bonds. The van der Waals surface area contributed by atoms with Crippen LogP contribution in [0.3, 0.4) is 0 Å². The summed E-state index contributed by atoms with van der Waals surface area (Å²) < 4.78 is 30.2. The molecule has 1 heterocycles. The highest BCUT2D eigenvalue weighted by Crippen LogP contribution is 2.28. The van der Waals surface area contributed by atoms with Crippen molar-refractivity contribution in [2.75, 3.05) is 24.4 Å². The summed E-state index contributed by atoms with van der Waals surface area (Å²) in [5.74, 6) is 0.207. The molecule has 0 bridgehead atoms. The summed E-state index contributed by atoms with van der Waals surface area (Å²) in [4.78, 5) is 0. The van der Waals surface area contributed by atoms with Crippen LogP contribution in [-0.2, 0) is 10.2 Å². The van der Waals surface area contributed by atoms with Gasteiger partial charge in [-0.05, 0) is 52.9 Å². The molecule has 1 aliphatic heterocycles. The number of aliphatic hydroxyl groups excluding tert-OH is 1. The lowest BCUT2D eigenvalue weighted by Crippen LogP contribution is -2.42. The van der Waals surface area contributed by atoms with Gasteiger partial charge in [-0.15, -0.1) is 0 Å². The second-order valence-electron chi connectivity index (χ2n) is 4.76. The van der Waals surface area contributed by atoms with Crippen molar-refractivity contribution in [3.8, 4) is 0 Å². The molecular weight excluding hydrogens is 412 g/mol. The van der Waals surface area contributed by atoms with E-state index in [0.717, 1.165) is 4.47 Å². The Morgan fingerprint density at radius 1 is 1.30 bits per heavy atom. The number of hydrogen-bond donors (Lipinski definition) is 2. The number of nitrogens with zero attached hydrogens (tertiary/aromatic N) is 1. The van der Waals surface area contributed by atoms with Crippen molar-refractivity contribution in [1.82, 2.24) is 4.31 Å². The van der Waals surface area contributed by atoms with Gasteiger partial charge in [0.15, 0.2) is 0 Å². The van der Waals surface area contributed by atoms with Gasteiger partial charge >= 0.3 is 10.2 Å². The molecule has 1 fully saturated rings. The van der Waals surface area contributed by atoms with Crippen LogP contribution in [0, 0.1) is 5.92 Å². The smallest absolute Gasteiger partial charge is 0.301 e. The average molecular weight is 428 g/mol. The summed E-state index contributed by atoms with van der Waals surface area (Å²) in [5, 5.41) is 9.09. The largest absolute Gasteiger partial charge is 0.396 e. The molecule has 1 aromatic rings. The van der Waals surface area contributed by atoms with Crippen molar-refractivity contribution in [2.24, 2.45) is 5.92 Å². The Kier molecular flexibility index (Phi) is 5.47. The molecule has 0 aromatic heterocycles. The number of hydrogen-bond acceptors (Lipinski definition) is 3. The van der Waals surface area contributed by atoms with Crippen LogP contribution in [0.5, 0.6) is 0 Å². The number of rotatable bonds is 4. The minimum atomic E-state index is -3.56. The quantitative estimate of drug-likeness (QED) is 0.775. The topological polar surface area (TPSA) is 69.6 Å². The van der Waals surface area contributed by atoms with Crippen LogP contribution in [0.25, 0.3) is 0 Å². The lowest BCUT2D eigenvalue weighted by Gasteiger charge is -2.30. The van der Waals surface area contributed by atoms with E-state index < -0.39 is 10.2 Å². The predicted molar refractivity (Wildman–Crippen MR) is 85.8 cm³/mol. The molecule has 8 heteroatoms. The van der Waals surface area contributed by atoms with Gasteiger partial charge < -0.3 is 5.11 Å². The molecule has 0 spiro atoms. The molecule has 20 heavy (non-hydrogen) atoms. The molecule has 0 aliphatic carbocycles. The van der Waals surface area contributed by atoms with Crippen molar-refractivity contribution in [3.05, 3.63) is 27.1 Å². The van der Waals surface area contributed by atoms with Crippen LogP contribution < -0.4 is 4.72 Å². The van der Waals surface area contributed by atoms with Crippen molar-refractivity contribution in [2.45, 2.75) is 12.8 Å². The van der Waals surface area contributed by atoms with Gasteiger partial charge in [-0.3, -0.25) is 4.72 Å². The van der Waals surface area contributed by atoms with E-state index in [9.17, 15) is 8.42 Å². The lowest BCUT2D eigenvalue weighted by atomic mass is 10.00. The lowest BCUT2D eigenvalue weighted by molar-refractivity contribution is 0.170. The maximum Gasteiger partial charge on any atom is 0.301 e. The Morgan fingerprint density at radius 3 is 2.55 bits per heavy atom. The van der Waals surface area contributed by atoms with Crippen molar-refractivity contribution in [1.29, 1.82) is 0 Å². The van der Waals surface area contributed by atoms with E-state index in [1.165, 1.54) is 4.31 Å². The highest BCUT2D eigenvalue weighted by Gasteiger charge is 2.28. The average Bonchev–Trinajstić information content (AvgIpc) is 2.43. The highest BCUT2D eigenvalue weighted by molar-refractivity contribution is 9.11. The maximum absolute atomic E-state index is 12.3. The number of benzene rings is 1. The number of piperidine rings is 1. The first kappa shape index (κ1) is 16.2. The molecule has 0 saturated carbocycles. The molecule has 0 unspecified atom stereocenters. The summed E-state index contributed by atoms with van der Waals surface area (Å²) >= 11 is 6.65. The van der Waals surface area contributed by atoms with Crippen LogP contribution >= 0.6 is 31.9 Å². The van der Waals surface area contributed by atoms with E-state index >= 15 is 0 Å². The highest BCUT2D eigenvalue weighted by atomic mass is 79.9. The molecule has 1 aliphatic rings. The third kappa shape index (κ3) is 3.94. The molecular formula is C12H16Br2N2O3S. The number of nitrogens with one attached hydrogen (secondary N) is 1. The minimum absolute atomic E-state index is 0.124. The summed E-state index contributed by atoms with van der Waals surface area (Å²) in [6, 6.07) is 5.32. The monoisotopic (exact) mass is 426 g/mol. The SMILES string of the molecule is O=S(=O)(Nc1cc(Br)ccc1Br)N1CCC(CO)CC1. The first-order chi connectivity index (χ1) is 9.42. The number of aliphatic hydroxyl groups is 1. The summed E-state index contributed by atoms with van der Waals surface area (Å²) in [5.41, 5.74) is 0.503. The number of halogens is 2. The first-order valence-electron chi connectivity index (χ1n) is 6.26. The maximum atomic E-state index is 12.3. The fourth-order valence-electron chi connectivity index (χ4n) is 2.11. The van der Waals surface area contributed by atoms with E-state index in [0.29, 0.717) is 36.1 Å². The predicted octanol–water partition coefficient (Wildman–Crippen LogP) is 2.57. The zero-order valence-corrected chi connectivity index (χ0v) is 14.7. The molecule has 1 aromatic carbocycles. The van der Waals surface area contributed by atoms with Crippen LogP contribution in [0.15, 0.2) is 27.1 Å². The van der Waals surface area contributed by atoms with Gasteiger partial charge in [0.05, 0.1) is 5.69 Å². The normalized spacial score (nSPS) is 18.1. The Labute approximate surface area is 135 Å². The van der Waals surface area contributed by atoms with E-state index in [1.54, 1.807) is 12.1 Å². The van der Waals surface area contributed by atoms with Crippen LogP contribution in [0.4, 0.5) is 5.69 Å². The van der Waals surface area contributed by atoms with Gasteiger partial charge in [0.25, 0.3) is 0 Å². The van der Waals surface area contributed by atoms with Crippen molar-refractivity contribution >= 4 is 47.8 Å². The van der Waals surface area contributed by atoms with E-state index in [1.807, 2.05) is 6.07 Å². The van der Waals surface area contributed by atoms with E-state index in [4.69, 9.17) is 5.11 Å².